The van der Waals surface area contributed by atoms with Gasteiger partial charge in [0.1, 0.15) is 0 Å². The second-order valence-corrected chi connectivity index (χ2v) is 12.1. The number of rotatable bonds is 6. The van der Waals surface area contributed by atoms with Crippen molar-refractivity contribution in [1.29, 1.82) is 0 Å². The Hall–Kier alpha value is -1.91. The van der Waals surface area contributed by atoms with Crippen LogP contribution in [0.5, 0.6) is 0 Å². The van der Waals surface area contributed by atoms with E-state index >= 15 is 0 Å². The van der Waals surface area contributed by atoms with Crippen molar-refractivity contribution < 1.29 is 9.59 Å². The zero-order valence-electron chi connectivity index (χ0n) is 22.3. The van der Waals surface area contributed by atoms with Gasteiger partial charge in [-0.3, -0.25) is 14.6 Å². The summed E-state index contributed by atoms with van der Waals surface area (Å²) >= 11 is 0. The Balaban J connectivity index is 1.46. The highest BCUT2D eigenvalue weighted by atomic mass is 16.2. The van der Waals surface area contributed by atoms with E-state index in [9.17, 15) is 9.59 Å². The van der Waals surface area contributed by atoms with Crippen molar-refractivity contribution >= 4 is 23.2 Å². The number of nitrogens with zero attached hydrogens (tertiary/aromatic N) is 3. The van der Waals surface area contributed by atoms with Gasteiger partial charge in [0.2, 0.25) is 11.8 Å². The quantitative estimate of drug-likeness (QED) is 0.410. The van der Waals surface area contributed by atoms with Crippen LogP contribution in [0, 0.1) is 11.8 Å². The Labute approximate surface area is 218 Å². The number of carbonyl (C=O) groups excluding carboxylic acids is 2. The van der Waals surface area contributed by atoms with E-state index in [1.54, 1.807) is 0 Å². The summed E-state index contributed by atoms with van der Waals surface area (Å²) in [4.78, 5) is 36.9. The van der Waals surface area contributed by atoms with Crippen LogP contribution in [0.25, 0.3) is 0 Å². The third-order valence-corrected chi connectivity index (χ3v) is 9.53. The van der Waals surface area contributed by atoms with E-state index in [2.05, 4.69) is 20.9 Å². The standard InChI is InChI=1S/C31H47N3O2/c35-30(24-13-5-1-6-14-24)33(26-17-9-3-10-18-26)28-21-29(23-32-22-28)34(27-19-11-4-12-20-27)31(36)25-15-7-2-8-16-25/h21-27H,1-20H2. The highest BCUT2D eigenvalue weighted by molar-refractivity contribution is 5.98. The van der Waals surface area contributed by atoms with Crippen molar-refractivity contribution in [3.8, 4) is 0 Å². The predicted octanol–water partition coefficient (Wildman–Crippen LogP) is 7.57. The molecule has 4 aliphatic rings. The maximum absolute atomic E-state index is 14.0. The van der Waals surface area contributed by atoms with E-state index in [-0.39, 0.29) is 23.9 Å². The van der Waals surface area contributed by atoms with Gasteiger partial charge in [-0.2, -0.15) is 0 Å². The van der Waals surface area contributed by atoms with Crippen LogP contribution >= 0.6 is 0 Å². The van der Waals surface area contributed by atoms with Crippen molar-refractivity contribution in [1.82, 2.24) is 4.98 Å². The normalized spacial score (nSPS) is 23.3. The highest BCUT2D eigenvalue weighted by Gasteiger charge is 2.35. The van der Waals surface area contributed by atoms with Crippen LogP contribution in [-0.4, -0.2) is 28.9 Å². The second kappa shape index (κ2) is 12.6. The number of hydrogen-bond acceptors (Lipinski definition) is 3. The summed E-state index contributed by atoms with van der Waals surface area (Å²) in [6.45, 7) is 0. The first-order valence-electron chi connectivity index (χ1n) is 15.3. The number of carbonyl (C=O) groups is 2. The van der Waals surface area contributed by atoms with E-state index in [1.165, 1.54) is 77.0 Å². The summed E-state index contributed by atoms with van der Waals surface area (Å²) in [7, 11) is 0. The summed E-state index contributed by atoms with van der Waals surface area (Å²) in [5.74, 6) is 0.900. The largest absolute Gasteiger partial charge is 0.307 e. The smallest absolute Gasteiger partial charge is 0.230 e. The van der Waals surface area contributed by atoms with Gasteiger partial charge < -0.3 is 9.80 Å². The minimum atomic E-state index is 0.141. The molecule has 5 heteroatoms. The van der Waals surface area contributed by atoms with Crippen molar-refractivity contribution in [3.05, 3.63) is 18.5 Å². The summed E-state index contributed by atoms with van der Waals surface area (Å²) in [5.41, 5.74) is 1.85. The molecule has 1 aromatic rings. The molecule has 1 heterocycles. The molecular formula is C31H47N3O2. The van der Waals surface area contributed by atoms with Crippen molar-refractivity contribution in [2.75, 3.05) is 9.80 Å². The molecule has 2 amide bonds. The Kier molecular flexibility index (Phi) is 8.97. The van der Waals surface area contributed by atoms with E-state index in [0.29, 0.717) is 11.8 Å². The Bertz CT molecular complexity index is 795. The van der Waals surface area contributed by atoms with E-state index in [0.717, 1.165) is 62.7 Å². The number of pyridine rings is 1. The molecule has 0 saturated heterocycles. The molecule has 5 rings (SSSR count). The molecule has 36 heavy (non-hydrogen) atoms. The van der Waals surface area contributed by atoms with Crippen LogP contribution < -0.4 is 9.80 Å². The minimum absolute atomic E-state index is 0.141. The van der Waals surface area contributed by atoms with Crippen LogP contribution in [0.1, 0.15) is 128 Å². The molecule has 0 atom stereocenters. The molecule has 198 valence electrons. The molecule has 0 N–H and O–H groups in total. The monoisotopic (exact) mass is 493 g/mol. The third kappa shape index (κ3) is 5.97. The van der Waals surface area contributed by atoms with Crippen molar-refractivity contribution in [2.24, 2.45) is 11.8 Å². The maximum Gasteiger partial charge on any atom is 0.230 e. The van der Waals surface area contributed by atoms with E-state index < -0.39 is 0 Å². The molecule has 0 aliphatic heterocycles. The van der Waals surface area contributed by atoms with Gasteiger partial charge in [0.25, 0.3) is 0 Å². The summed E-state index contributed by atoms with van der Waals surface area (Å²) in [6.07, 6.45) is 26.7. The summed E-state index contributed by atoms with van der Waals surface area (Å²) in [6, 6.07) is 2.68. The number of anilines is 2. The van der Waals surface area contributed by atoms with Crippen molar-refractivity contribution in [2.45, 2.75) is 141 Å². The molecule has 0 aromatic carbocycles. The van der Waals surface area contributed by atoms with Gasteiger partial charge in [-0.1, -0.05) is 77.0 Å². The van der Waals surface area contributed by atoms with Crippen LogP contribution in [0.3, 0.4) is 0 Å². The molecular weight excluding hydrogens is 446 g/mol. The molecule has 4 aliphatic carbocycles. The van der Waals surface area contributed by atoms with Gasteiger partial charge in [-0.25, -0.2) is 0 Å². The molecule has 0 bridgehead atoms. The minimum Gasteiger partial charge on any atom is -0.307 e. The Morgan fingerprint density at radius 3 is 1.22 bits per heavy atom. The number of amides is 2. The topological polar surface area (TPSA) is 53.5 Å². The molecule has 5 nitrogen and oxygen atoms in total. The first-order valence-corrected chi connectivity index (χ1v) is 15.3. The lowest BCUT2D eigenvalue weighted by molar-refractivity contribution is -0.124. The third-order valence-electron chi connectivity index (χ3n) is 9.53. The van der Waals surface area contributed by atoms with Gasteiger partial charge in [0.15, 0.2) is 0 Å². The molecule has 4 fully saturated rings. The lowest BCUT2D eigenvalue weighted by atomic mass is 9.86. The van der Waals surface area contributed by atoms with Gasteiger partial charge >= 0.3 is 0 Å². The van der Waals surface area contributed by atoms with Crippen LogP contribution in [-0.2, 0) is 9.59 Å². The SMILES string of the molecule is O=C(C1CCCCC1)N(c1cncc(N(C(=O)C2CCCCC2)C2CCCCC2)c1)C1CCCCC1. The number of aromatic nitrogens is 1. The lowest BCUT2D eigenvalue weighted by Gasteiger charge is -2.39. The molecule has 0 unspecified atom stereocenters. The fourth-order valence-corrected chi connectivity index (χ4v) is 7.49. The fourth-order valence-electron chi connectivity index (χ4n) is 7.49. The van der Waals surface area contributed by atoms with Crippen molar-refractivity contribution in [3.63, 3.8) is 0 Å². The zero-order chi connectivity index (χ0) is 24.7. The fraction of sp³-hybridized carbons (Fsp3) is 0.774. The molecule has 0 spiro atoms. The first-order chi connectivity index (χ1) is 17.7. The highest BCUT2D eigenvalue weighted by Crippen LogP contribution is 2.37. The predicted molar refractivity (Wildman–Crippen MR) is 146 cm³/mol. The summed E-state index contributed by atoms with van der Waals surface area (Å²) < 4.78 is 0. The van der Waals surface area contributed by atoms with Gasteiger partial charge in [0.05, 0.1) is 23.8 Å². The van der Waals surface area contributed by atoms with E-state index in [1.807, 2.05) is 12.4 Å². The average Bonchev–Trinajstić information content (AvgIpc) is 2.96. The van der Waals surface area contributed by atoms with E-state index in [4.69, 9.17) is 0 Å². The van der Waals surface area contributed by atoms with Gasteiger partial charge in [-0.05, 0) is 57.4 Å². The molecule has 0 radical (unpaired) electrons. The maximum atomic E-state index is 14.0. The second-order valence-electron chi connectivity index (χ2n) is 12.1. The van der Waals surface area contributed by atoms with Crippen LogP contribution in [0.15, 0.2) is 18.5 Å². The summed E-state index contributed by atoms with van der Waals surface area (Å²) in [5, 5.41) is 0. The van der Waals surface area contributed by atoms with Crippen LogP contribution in [0.4, 0.5) is 11.4 Å². The Morgan fingerprint density at radius 2 is 0.861 bits per heavy atom. The number of hydrogen-bond donors (Lipinski definition) is 0. The average molecular weight is 494 g/mol. The lowest BCUT2D eigenvalue weighted by Crippen LogP contribution is -2.46. The molecule has 4 saturated carbocycles. The van der Waals surface area contributed by atoms with Gasteiger partial charge in [-0.15, -0.1) is 0 Å². The Morgan fingerprint density at radius 1 is 0.528 bits per heavy atom. The first kappa shape index (κ1) is 25.7. The van der Waals surface area contributed by atoms with Crippen LogP contribution in [0.2, 0.25) is 0 Å². The zero-order valence-corrected chi connectivity index (χ0v) is 22.3. The van der Waals surface area contributed by atoms with Gasteiger partial charge in [0, 0.05) is 23.9 Å². The molecule has 1 aromatic heterocycles.